The van der Waals surface area contributed by atoms with Crippen molar-refractivity contribution in [2.45, 2.75) is 56.7 Å². The van der Waals surface area contributed by atoms with Gasteiger partial charge in [-0.15, -0.1) is 0 Å². The summed E-state index contributed by atoms with van der Waals surface area (Å²) in [7, 11) is 0. The molecular weight excluding hydrogens is 460 g/mol. The van der Waals surface area contributed by atoms with E-state index in [4.69, 9.17) is 4.98 Å². The molecule has 2 aromatic heterocycles. The van der Waals surface area contributed by atoms with Crippen LogP contribution in [0.4, 0.5) is 11.6 Å². The van der Waals surface area contributed by atoms with Crippen LogP contribution in [0.2, 0.25) is 0 Å². The molecule has 1 aliphatic carbocycles. The second-order valence-corrected chi connectivity index (χ2v) is 10.1. The van der Waals surface area contributed by atoms with Gasteiger partial charge >= 0.3 is 0 Å². The molecule has 8 heteroatoms. The minimum atomic E-state index is 0.331. The molecule has 0 amide bonds. The smallest absolute Gasteiger partial charge is 0.223 e. The number of nitrogens with one attached hydrogen (secondary N) is 2. The van der Waals surface area contributed by atoms with Crippen molar-refractivity contribution >= 4 is 11.6 Å². The third-order valence-electron chi connectivity index (χ3n) is 7.57. The predicted octanol–water partition coefficient (Wildman–Crippen LogP) is 4.71. The van der Waals surface area contributed by atoms with Gasteiger partial charge in [0.2, 0.25) is 5.95 Å². The summed E-state index contributed by atoms with van der Waals surface area (Å²) in [5.74, 6) is 0.720. The summed E-state index contributed by atoms with van der Waals surface area (Å²) in [6, 6.07) is 22.1. The lowest BCUT2D eigenvalue weighted by Crippen LogP contribution is -2.55. The van der Waals surface area contributed by atoms with Crippen LogP contribution in [-0.4, -0.2) is 55.9 Å². The summed E-state index contributed by atoms with van der Waals surface area (Å²) in [6.45, 7) is 2.11. The SMILES string of the molecule is c1ccc(-c2ccnc(NC3CCCCC3N[C@H]3CCCN(c4ccc(-n5cncn5)cc4)C3)n2)cc1. The Labute approximate surface area is 218 Å². The third kappa shape index (κ3) is 5.64. The van der Waals surface area contributed by atoms with Gasteiger partial charge in [-0.05, 0) is 56.0 Å². The molecule has 0 bridgehead atoms. The lowest BCUT2D eigenvalue weighted by atomic mass is 9.89. The molecule has 8 nitrogen and oxygen atoms in total. The summed E-state index contributed by atoms with van der Waals surface area (Å²) in [5.41, 5.74) is 4.36. The van der Waals surface area contributed by atoms with Crippen molar-refractivity contribution in [2.75, 3.05) is 23.3 Å². The van der Waals surface area contributed by atoms with Crippen LogP contribution < -0.4 is 15.5 Å². The summed E-state index contributed by atoms with van der Waals surface area (Å²) in [4.78, 5) is 15.9. The highest BCUT2D eigenvalue weighted by molar-refractivity contribution is 5.59. The number of anilines is 2. The Bertz CT molecular complexity index is 1260. The maximum Gasteiger partial charge on any atom is 0.223 e. The average molecular weight is 495 g/mol. The molecule has 1 aliphatic heterocycles. The van der Waals surface area contributed by atoms with E-state index in [0.29, 0.717) is 18.1 Å². The van der Waals surface area contributed by atoms with Gasteiger partial charge in [-0.25, -0.2) is 19.6 Å². The van der Waals surface area contributed by atoms with Gasteiger partial charge in [0.05, 0.1) is 11.4 Å². The van der Waals surface area contributed by atoms with Gasteiger partial charge in [0.15, 0.2) is 0 Å². The van der Waals surface area contributed by atoms with E-state index in [1.54, 1.807) is 17.3 Å². The van der Waals surface area contributed by atoms with E-state index in [0.717, 1.165) is 42.4 Å². The number of rotatable bonds is 7. The molecule has 1 saturated heterocycles. The first-order valence-electron chi connectivity index (χ1n) is 13.4. The highest BCUT2D eigenvalue weighted by Crippen LogP contribution is 2.26. The first kappa shape index (κ1) is 23.6. The number of piperidine rings is 1. The Morgan fingerprint density at radius 1 is 0.811 bits per heavy atom. The van der Waals surface area contributed by atoms with Gasteiger partial charge in [-0.2, -0.15) is 5.10 Å². The van der Waals surface area contributed by atoms with E-state index < -0.39 is 0 Å². The summed E-state index contributed by atoms with van der Waals surface area (Å²) in [6.07, 6.45) is 12.4. The summed E-state index contributed by atoms with van der Waals surface area (Å²) < 4.78 is 1.79. The largest absolute Gasteiger partial charge is 0.370 e. The van der Waals surface area contributed by atoms with Gasteiger partial charge in [0, 0.05) is 48.7 Å². The number of hydrogen-bond acceptors (Lipinski definition) is 7. The first-order valence-corrected chi connectivity index (χ1v) is 13.4. The van der Waals surface area contributed by atoms with Crippen LogP contribution in [0.3, 0.4) is 0 Å². The fraction of sp³-hybridized carbons (Fsp3) is 0.379. The molecule has 190 valence electrons. The van der Waals surface area contributed by atoms with Crippen LogP contribution in [0.1, 0.15) is 38.5 Å². The lowest BCUT2D eigenvalue weighted by molar-refractivity contribution is 0.293. The van der Waals surface area contributed by atoms with E-state index in [2.05, 4.69) is 67.0 Å². The predicted molar refractivity (Wildman–Crippen MR) is 147 cm³/mol. The van der Waals surface area contributed by atoms with Gasteiger partial charge in [0.1, 0.15) is 12.7 Å². The second-order valence-electron chi connectivity index (χ2n) is 10.1. The average Bonchev–Trinajstić information content (AvgIpc) is 3.50. The minimum absolute atomic E-state index is 0.331. The highest BCUT2D eigenvalue weighted by Gasteiger charge is 2.29. The molecule has 2 N–H and O–H groups in total. The molecule has 2 aromatic carbocycles. The van der Waals surface area contributed by atoms with Crippen molar-refractivity contribution in [3.05, 3.63) is 79.5 Å². The molecule has 0 spiro atoms. The van der Waals surface area contributed by atoms with Crippen LogP contribution in [0.5, 0.6) is 0 Å². The maximum atomic E-state index is 4.83. The van der Waals surface area contributed by atoms with Crippen LogP contribution in [0.15, 0.2) is 79.5 Å². The Morgan fingerprint density at radius 3 is 2.43 bits per heavy atom. The summed E-state index contributed by atoms with van der Waals surface area (Å²) in [5, 5.41) is 11.9. The first-order chi connectivity index (χ1) is 18.3. The van der Waals surface area contributed by atoms with E-state index in [1.807, 2.05) is 30.5 Å². The molecule has 6 rings (SSSR count). The van der Waals surface area contributed by atoms with Crippen molar-refractivity contribution in [2.24, 2.45) is 0 Å². The maximum absolute atomic E-state index is 4.83. The van der Waals surface area contributed by atoms with Gasteiger partial charge in [-0.3, -0.25) is 0 Å². The van der Waals surface area contributed by atoms with Crippen LogP contribution >= 0.6 is 0 Å². The molecule has 0 radical (unpaired) electrons. The Hall–Kier alpha value is -3.78. The normalized spacial score (nSPS) is 22.1. The topological polar surface area (TPSA) is 83.8 Å². The standard InChI is InChI=1S/C29H34N8/c1-2-7-22(8-3-1)26-16-17-31-29(34-26)35-28-11-5-4-10-27(28)33-23-9-6-18-36(19-23)24-12-14-25(15-13-24)37-21-30-20-32-37/h1-3,7-8,12-17,20-21,23,27-28,33H,4-6,9-11,18-19H2,(H,31,34,35)/t23-,27?,28?/m0/s1. The molecule has 3 heterocycles. The van der Waals surface area contributed by atoms with E-state index in [-0.39, 0.29) is 0 Å². The van der Waals surface area contributed by atoms with Crippen molar-refractivity contribution in [3.63, 3.8) is 0 Å². The van der Waals surface area contributed by atoms with Crippen LogP contribution in [-0.2, 0) is 0 Å². The summed E-state index contributed by atoms with van der Waals surface area (Å²) >= 11 is 0. The minimum Gasteiger partial charge on any atom is -0.370 e. The Balaban J connectivity index is 1.10. The van der Waals surface area contributed by atoms with E-state index in [1.165, 1.54) is 37.8 Å². The Kier molecular flexibility index (Phi) is 7.07. The van der Waals surface area contributed by atoms with Crippen LogP contribution in [0.25, 0.3) is 16.9 Å². The molecule has 4 aromatic rings. The van der Waals surface area contributed by atoms with Gasteiger partial charge in [-0.1, -0.05) is 43.2 Å². The molecular formula is C29H34N8. The number of nitrogens with zero attached hydrogens (tertiary/aromatic N) is 6. The zero-order valence-electron chi connectivity index (χ0n) is 21.1. The second kappa shape index (κ2) is 11.1. The Morgan fingerprint density at radius 2 is 1.62 bits per heavy atom. The van der Waals surface area contributed by atoms with Crippen molar-refractivity contribution in [3.8, 4) is 16.9 Å². The quantitative estimate of drug-likeness (QED) is 0.385. The van der Waals surface area contributed by atoms with Gasteiger partial charge < -0.3 is 15.5 Å². The molecule has 37 heavy (non-hydrogen) atoms. The van der Waals surface area contributed by atoms with Crippen molar-refractivity contribution in [1.29, 1.82) is 0 Å². The van der Waals surface area contributed by atoms with Crippen molar-refractivity contribution < 1.29 is 0 Å². The monoisotopic (exact) mass is 494 g/mol. The highest BCUT2D eigenvalue weighted by atomic mass is 15.3. The lowest BCUT2D eigenvalue weighted by Gasteiger charge is -2.40. The molecule has 1 saturated carbocycles. The third-order valence-corrected chi connectivity index (χ3v) is 7.57. The van der Waals surface area contributed by atoms with Crippen LogP contribution in [0, 0.1) is 0 Å². The fourth-order valence-corrected chi connectivity index (χ4v) is 5.68. The number of hydrogen-bond donors (Lipinski definition) is 2. The van der Waals surface area contributed by atoms with E-state index >= 15 is 0 Å². The zero-order chi connectivity index (χ0) is 24.9. The molecule has 2 unspecified atom stereocenters. The van der Waals surface area contributed by atoms with E-state index in [9.17, 15) is 0 Å². The zero-order valence-corrected chi connectivity index (χ0v) is 21.1. The number of aromatic nitrogens is 5. The molecule has 3 atom stereocenters. The van der Waals surface area contributed by atoms with Gasteiger partial charge in [0.25, 0.3) is 0 Å². The fourth-order valence-electron chi connectivity index (χ4n) is 5.68. The molecule has 2 aliphatic rings. The van der Waals surface area contributed by atoms with Crippen molar-refractivity contribution in [1.82, 2.24) is 30.0 Å². The number of benzene rings is 2. The molecule has 2 fully saturated rings.